The molecule has 11 nitrogen and oxygen atoms in total. The quantitative estimate of drug-likeness (QED) is 0.560. The standard InChI is InChI=1S/C21H30N6O.2CH2O2/c1-25(2)13-19-16-9-15(18-5-3-4-8-27(18)19)11-26(12-16)21(28)17-7-6-14-10-22-24-20(14)23-17;2*2-1-3/h6-7,10,15-16,18-19H,3-5,8-9,11-13H2,1-2H3,(H,22,23,24);2*1H,(H,2,3)/t15-,16+,18+,19+;;/m1../s1. The maximum Gasteiger partial charge on any atom is 0.290 e. The normalized spacial score (nSPS) is 25.9. The Morgan fingerprint density at radius 3 is 2.59 bits per heavy atom. The second kappa shape index (κ2) is 11.9. The maximum atomic E-state index is 13.3. The topological polar surface area (TPSA) is 143 Å². The van der Waals surface area contributed by atoms with Crippen LogP contribution in [-0.4, -0.2) is 111 Å². The summed E-state index contributed by atoms with van der Waals surface area (Å²) in [5.74, 6) is 1.21. The van der Waals surface area contributed by atoms with Crippen molar-refractivity contribution in [2.24, 2.45) is 11.8 Å². The first-order chi connectivity index (χ1) is 16.4. The van der Waals surface area contributed by atoms with E-state index in [9.17, 15) is 4.79 Å². The molecule has 0 spiro atoms. The molecule has 0 unspecified atom stereocenters. The smallest absolute Gasteiger partial charge is 0.290 e. The van der Waals surface area contributed by atoms with Crippen LogP contribution in [0, 0.1) is 11.8 Å². The molecule has 0 aliphatic carbocycles. The van der Waals surface area contributed by atoms with E-state index in [-0.39, 0.29) is 18.9 Å². The first-order valence-electron chi connectivity index (χ1n) is 11.6. The van der Waals surface area contributed by atoms with Gasteiger partial charge in [-0.2, -0.15) is 5.10 Å². The Kier molecular flexibility index (Phi) is 8.94. The molecule has 0 saturated carbocycles. The third kappa shape index (κ3) is 5.71. The highest BCUT2D eigenvalue weighted by Crippen LogP contribution is 2.41. The van der Waals surface area contributed by atoms with Gasteiger partial charge in [0, 0.05) is 37.1 Å². The van der Waals surface area contributed by atoms with Crippen LogP contribution in [0.3, 0.4) is 0 Å². The highest BCUT2D eigenvalue weighted by atomic mass is 16.3. The van der Waals surface area contributed by atoms with Gasteiger partial charge in [0.15, 0.2) is 5.65 Å². The monoisotopic (exact) mass is 474 g/mol. The fourth-order valence-corrected chi connectivity index (χ4v) is 5.81. The molecule has 34 heavy (non-hydrogen) atoms. The number of aromatic nitrogens is 3. The third-order valence-corrected chi connectivity index (χ3v) is 6.98. The van der Waals surface area contributed by atoms with Gasteiger partial charge in [0.1, 0.15) is 5.69 Å². The number of hydrogen-bond donors (Lipinski definition) is 3. The summed E-state index contributed by atoms with van der Waals surface area (Å²) in [7, 11) is 4.33. The Hall–Kier alpha value is -3.05. The zero-order chi connectivity index (χ0) is 24.7. The minimum absolute atomic E-state index is 0.0686. The van der Waals surface area contributed by atoms with E-state index in [1.165, 1.54) is 32.2 Å². The molecule has 0 aromatic carbocycles. The predicted molar refractivity (Wildman–Crippen MR) is 125 cm³/mol. The van der Waals surface area contributed by atoms with E-state index in [2.05, 4.69) is 44.0 Å². The number of carboxylic acid groups (broad SMARTS) is 2. The number of carbonyl (C=O) groups excluding carboxylic acids is 1. The molecule has 5 rings (SSSR count). The first kappa shape index (κ1) is 25.6. The van der Waals surface area contributed by atoms with Gasteiger partial charge in [-0.25, -0.2) is 4.98 Å². The molecular weight excluding hydrogens is 440 g/mol. The van der Waals surface area contributed by atoms with Crippen LogP contribution in [0.5, 0.6) is 0 Å². The molecule has 3 saturated heterocycles. The zero-order valence-electron chi connectivity index (χ0n) is 19.7. The molecule has 5 heterocycles. The van der Waals surface area contributed by atoms with Gasteiger partial charge in [0.25, 0.3) is 18.9 Å². The largest absolute Gasteiger partial charge is 0.483 e. The zero-order valence-corrected chi connectivity index (χ0v) is 19.7. The number of nitrogens with zero attached hydrogens (tertiary/aromatic N) is 5. The summed E-state index contributed by atoms with van der Waals surface area (Å²) >= 11 is 0. The van der Waals surface area contributed by atoms with Crippen LogP contribution < -0.4 is 0 Å². The third-order valence-electron chi connectivity index (χ3n) is 6.98. The molecule has 3 aliphatic heterocycles. The summed E-state index contributed by atoms with van der Waals surface area (Å²) in [6, 6.07) is 4.96. The number of amides is 1. The molecule has 0 radical (unpaired) electrons. The summed E-state index contributed by atoms with van der Waals surface area (Å²) in [6.45, 7) is 3.52. The van der Waals surface area contributed by atoms with Crippen LogP contribution in [0.2, 0.25) is 0 Å². The number of carbonyl (C=O) groups is 3. The number of H-pyrrole nitrogens is 1. The van der Waals surface area contributed by atoms with Gasteiger partial charge in [0.2, 0.25) is 0 Å². The molecule has 186 valence electrons. The van der Waals surface area contributed by atoms with Crippen LogP contribution in [0.1, 0.15) is 36.2 Å². The highest BCUT2D eigenvalue weighted by Gasteiger charge is 2.48. The van der Waals surface area contributed by atoms with E-state index >= 15 is 0 Å². The average Bonchev–Trinajstić information content (AvgIpc) is 3.30. The van der Waals surface area contributed by atoms with Gasteiger partial charge in [-0.05, 0) is 63.9 Å². The number of hydrogen-bond acceptors (Lipinski definition) is 7. The van der Waals surface area contributed by atoms with Gasteiger partial charge in [-0.15, -0.1) is 0 Å². The fraction of sp³-hybridized carbons (Fsp3) is 0.609. The van der Waals surface area contributed by atoms with Crippen molar-refractivity contribution >= 4 is 29.9 Å². The molecule has 2 aromatic heterocycles. The van der Waals surface area contributed by atoms with Crippen molar-refractivity contribution in [2.75, 3.05) is 40.3 Å². The fourth-order valence-electron chi connectivity index (χ4n) is 5.81. The summed E-state index contributed by atoms with van der Waals surface area (Å²) in [4.78, 5) is 41.7. The number of fused-ring (bicyclic) bond motifs is 5. The van der Waals surface area contributed by atoms with E-state index in [0.717, 1.165) is 25.0 Å². The SMILES string of the molecule is CN(C)C[C@H]1[C@H]2C[C@H](CN(C(=O)c3ccc4cn[nH]c4n3)C2)[C@@H]2CCCCN21.O=CO.O=CO. The molecular formula is C23H34N6O5. The van der Waals surface area contributed by atoms with Gasteiger partial charge in [-0.3, -0.25) is 24.4 Å². The lowest BCUT2D eigenvalue weighted by Gasteiger charge is -2.57. The summed E-state index contributed by atoms with van der Waals surface area (Å²) < 4.78 is 0. The minimum Gasteiger partial charge on any atom is -0.483 e. The lowest BCUT2D eigenvalue weighted by molar-refractivity contribution is -0.123. The van der Waals surface area contributed by atoms with Crippen LogP contribution in [0.15, 0.2) is 18.3 Å². The van der Waals surface area contributed by atoms with E-state index in [0.29, 0.717) is 35.3 Å². The Bertz CT molecular complexity index is 960. The van der Waals surface area contributed by atoms with E-state index in [1.807, 2.05) is 12.1 Å². The Morgan fingerprint density at radius 2 is 1.88 bits per heavy atom. The number of pyridine rings is 1. The molecule has 3 aliphatic rings. The molecule has 1 amide bonds. The van der Waals surface area contributed by atoms with Crippen molar-refractivity contribution in [1.82, 2.24) is 29.9 Å². The van der Waals surface area contributed by atoms with Gasteiger partial charge < -0.3 is 20.0 Å². The lowest BCUT2D eigenvalue weighted by Crippen LogP contribution is -2.65. The van der Waals surface area contributed by atoms with Crippen LogP contribution in [0.4, 0.5) is 0 Å². The molecule has 2 bridgehead atoms. The van der Waals surface area contributed by atoms with Crippen LogP contribution >= 0.6 is 0 Å². The van der Waals surface area contributed by atoms with Gasteiger partial charge in [0.05, 0.1) is 6.20 Å². The maximum absolute atomic E-state index is 13.3. The van der Waals surface area contributed by atoms with E-state index in [4.69, 9.17) is 19.8 Å². The number of likely N-dealkylation sites (tertiary alicyclic amines) is 1. The van der Waals surface area contributed by atoms with Crippen molar-refractivity contribution < 1.29 is 24.6 Å². The Morgan fingerprint density at radius 1 is 1.18 bits per heavy atom. The second-order valence-electron chi connectivity index (χ2n) is 9.31. The minimum atomic E-state index is -0.250. The number of rotatable bonds is 3. The van der Waals surface area contributed by atoms with Crippen LogP contribution in [0.25, 0.3) is 11.0 Å². The average molecular weight is 475 g/mol. The summed E-state index contributed by atoms with van der Waals surface area (Å²) in [5, 5.41) is 21.6. The second-order valence-corrected chi connectivity index (χ2v) is 9.31. The van der Waals surface area contributed by atoms with Crippen molar-refractivity contribution in [2.45, 2.75) is 37.8 Å². The molecule has 3 fully saturated rings. The van der Waals surface area contributed by atoms with Gasteiger partial charge >= 0.3 is 0 Å². The number of nitrogens with one attached hydrogen (secondary N) is 1. The van der Waals surface area contributed by atoms with Gasteiger partial charge in [-0.1, -0.05) is 6.42 Å². The lowest BCUT2D eigenvalue weighted by atomic mass is 9.72. The highest BCUT2D eigenvalue weighted by molar-refractivity contribution is 5.94. The van der Waals surface area contributed by atoms with E-state index < -0.39 is 0 Å². The van der Waals surface area contributed by atoms with E-state index in [1.54, 1.807) is 6.20 Å². The Labute approximate surface area is 198 Å². The molecule has 4 atom stereocenters. The number of piperidine rings is 3. The van der Waals surface area contributed by atoms with Crippen molar-refractivity contribution in [3.63, 3.8) is 0 Å². The Balaban J connectivity index is 0.000000492. The van der Waals surface area contributed by atoms with Crippen LogP contribution in [-0.2, 0) is 9.59 Å². The van der Waals surface area contributed by atoms with Crippen molar-refractivity contribution in [3.8, 4) is 0 Å². The van der Waals surface area contributed by atoms with Crippen molar-refractivity contribution in [3.05, 3.63) is 24.0 Å². The van der Waals surface area contributed by atoms with Crippen molar-refractivity contribution in [1.29, 1.82) is 0 Å². The first-order valence-corrected chi connectivity index (χ1v) is 11.6. The molecule has 3 N–H and O–H groups in total. The number of likely N-dealkylation sites (N-methyl/N-ethyl adjacent to an activating group) is 1. The molecule has 11 heteroatoms. The predicted octanol–water partition coefficient (Wildman–Crippen LogP) is 1.24. The summed E-state index contributed by atoms with van der Waals surface area (Å²) in [6.07, 6.45) is 6.92. The number of aromatic amines is 1. The molecule has 2 aromatic rings. The summed E-state index contributed by atoms with van der Waals surface area (Å²) in [5.41, 5.74) is 1.22.